The minimum atomic E-state index is 0.178. The first kappa shape index (κ1) is 16.0. The molecule has 5 heteroatoms. The van der Waals surface area contributed by atoms with E-state index >= 15 is 0 Å². The van der Waals surface area contributed by atoms with Crippen LogP contribution >= 0.6 is 0 Å². The van der Waals surface area contributed by atoms with Gasteiger partial charge >= 0.3 is 0 Å². The topological polar surface area (TPSA) is 64.8 Å². The number of nitrogens with zero attached hydrogens (tertiary/aromatic N) is 1. The van der Waals surface area contributed by atoms with Gasteiger partial charge in [-0.15, -0.1) is 0 Å². The molecule has 0 radical (unpaired) electrons. The van der Waals surface area contributed by atoms with Gasteiger partial charge in [-0.2, -0.15) is 0 Å². The lowest BCUT2D eigenvalue weighted by atomic mass is 9.98. The maximum Gasteiger partial charge on any atom is 0.231 e. The predicted molar refractivity (Wildman–Crippen MR) is 94.5 cm³/mol. The average molecular weight is 338 g/mol. The number of likely N-dealkylation sites (tertiary alicyclic amines) is 1. The van der Waals surface area contributed by atoms with Crippen molar-refractivity contribution in [3.63, 3.8) is 0 Å². The van der Waals surface area contributed by atoms with Gasteiger partial charge in [-0.1, -0.05) is 30.3 Å². The molecular weight excluding hydrogens is 316 g/mol. The van der Waals surface area contributed by atoms with Crippen molar-refractivity contribution in [3.8, 4) is 11.5 Å². The predicted octanol–water partition coefficient (Wildman–Crippen LogP) is 2.43. The molecule has 1 atom stereocenters. The highest BCUT2D eigenvalue weighted by Gasteiger charge is 2.28. The molecule has 0 spiro atoms. The van der Waals surface area contributed by atoms with Crippen molar-refractivity contribution in [2.75, 3.05) is 19.9 Å². The molecule has 1 amide bonds. The Morgan fingerprint density at radius 1 is 1.12 bits per heavy atom. The summed E-state index contributed by atoms with van der Waals surface area (Å²) in [5, 5.41) is 0. The van der Waals surface area contributed by atoms with E-state index in [2.05, 4.69) is 6.07 Å². The molecule has 2 heterocycles. The fourth-order valence-electron chi connectivity index (χ4n) is 3.58. The summed E-state index contributed by atoms with van der Waals surface area (Å²) in [6, 6.07) is 14.0. The highest BCUT2D eigenvalue weighted by molar-refractivity contribution is 5.79. The van der Waals surface area contributed by atoms with Crippen LogP contribution in [0, 0.1) is 0 Å². The summed E-state index contributed by atoms with van der Waals surface area (Å²) in [4.78, 5) is 14.6. The van der Waals surface area contributed by atoms with E-state index in [9.17, 15) is 4.79 Å². The van der Waals surface area contributed by atoms with E-state index in [1.54, 1.807) is 0 Å². The largest absolute Gasteiger partial charge is 0.454 e. The van der Waals surface area contributed by atoms with Gasteiger partial charge in [0.1, 0.15) is 0 Å². The summed E-state index contributed by atoms with van der Waals surface area (Å²) in [6.07, 6.45) is 1.41. The first-order chi connectivity index (χ1) is 12.2. The number of hydrogen-bond acceptors (Lipinski definition) is 4. The van der Waals surface area contributed by atoms with Crippen LogP contribution in [0.1, 0.15) is 29.0 Å². The van der Waals surface area contributed by atoms with Gasteiger partial charge in [0, 0.05) is 25.6 Å². The van der Waals surface area contributed by atoms with Gasteiger partial charge in [-0.05, 0) is 35.2 Å². The molecule has 0 aliphatic carbocycles. The fraction of sp³-hybridized carbons (Fsp3) is 0.350. The molecule has 5 nitrogen and oxygen atoms in total. The number of carbonyl (C=O) groups is 1. The molecule has 4 rings (SSSR count). The van der Waals surface area contributed by atoms with Gasteiger partial charge in [-0.3, -0.25) is 4.79 Å². The Balaban J connectivity index is 1.40. The Labute approximate surface area is 147 Å². The van der Waals surface area contributed by atoms with Crippen LogP contribution < -0.4 is 15.2 Å². The minimum absolute atomic E-state index is 0.178. The first-order valence-corrected chi connectivity index (χ1v) is 8.68. The number of hydrogen-bond donors (Lipinski definition) is 1. The summed E-state index contributed by atoms with van der Waals surface area (Å²) in [7, 11) is 0. The number of benzene rings is 2. The molecule has 2 aliphatic heterocycles. The van der Waals surface area contributed by atoms with Gasteiger partial charge in [-0.25, -0.2) is 0 Å². The normalized spacial score (nSPS) is 18.6. The second kappa shape index (κ2) is 6.76. The minimum Gasteiger partial charge on any atom is -0.454 e. The maximum atomic E-state index is 12.6. The van der Waals surface area contributed by atoms with Crippen LogP contribution in [0.4, 0.5) is 0 Å². The van der Waals surface area contributed by atoms with Crippen LogP contribution in [-0.2, 0) is 17.8 Å². The third kappa shape index (κ3) is 3.33. The van der Waals surface area contributed by atoms with Crippen molar-refractivity contribution in [3.05, 3.63) is 59.2 Å². The summed E-state index contributed by atoms with van der Waals surface area (Å²) in [5.41, 5.74) is 8.98. The molecule has 0 aromatic heterocycles. The van der Waals surface area contributed by atoms with Crippen LogP contribution in [0.25, 0.3) is 0 Å². The summed E-state index contributed by atoms with van der Waals surface area (Å²) in [5.74, 6) is 2.14. The quantitative estimate of drug-likeness (QED) is 0.930. The zero-order valence-electron chi connectivity index (χ0n) is 14.1. The Bertz CT molecular complexity index is 790. The van der Waals surface area contributed by atoms with E-state index in [0.29, 0.717) is 18.9 Å². The number of rotatable bonds is 4. The van der Waals surface area contributed by atoms with Crippen molar-refractivity contribution >= 4 is 5.91 Å². The van der Waals surface area contributed by atoms with Crippen molar-refractivity contribution in [2.45, 2.75) is 25.3 Å². The third-order valence-corrected chi connectivity index (χ3v) is 4.99. The second-order valence-corrected chi connectivity index (χ2v) is 6.64. The van der Waals surface area contributed by atoms with Gasteiger partial charge in [0.15, 0.2) is 11.5 Å². The van der Waals surface area contributed by atoms with Gasteiger partial charge in [0.2, 0.25) is 12.7 Å². The first-order valence-electron chi connectivity index (χ1n) is 8.68. The third-order valence-electron chi connectivity index (χ3n) is 4.99. The number of amides is 1. The summed E-state index contributed by atoms with van der Waals surface area (Å²) < 4.78 is 10.8. The molecule has 1 saturated heterocycles. The summed E-state index contributed by atoms with van der Waals surface area (Å²) in [6.45, 7) is 2.34. The Hall–Kier alpha value is -2.53. The van der Waals surface area contributed by atoms with Crippen LogP contribution in [0.2, 0.25) is 0 Å². The molecule has 130 valence electrons. The molecule has 2 N–H and O–H groups in total. The van der Waals surface area contributed by atoms with E-state index in [4.69, 9.17) is 15.2 Å². The Morgan fingerprint density at radius 2 is 1.96 bits per heavy atom. The number of carbonyl (C=O) groups excluding carboxylic acids is 1. The van der Waals surface area contributed by atoms with Crippen molar-refractivity contribution in [2.24, 2.45) is 5.73 Å². The van der Waals surface area contributed by atoms with E-state index in [1.807, 2.05) is 41.3 Å². The molecular formula is C20H22N2O3. The zero-order chi connectivity index (χ0) is 17.2. The monoisotopic (exact) mass is 338 g/mol. The number of nitrogens with two attached hydrogens (primary N) is 1. The van der Waals surface area contributed by atoms with Gasteiger partial charge in [0.25, 0.3) is 0 Å². The SMILES string of the molecule is NCc1cccc(CC(=O)N2CC[C@@H](c3ccc4c(c3)OCO4)C2)c1. The smallest absolute Gasteiger partial charge is 0.231 e. The highest BCUT2D eigenvalue weighted by atomic mass is 16.7. The molecule has 0 saturated carbocycles. The molecule has 1 fully saturated rings. The van der Waals surface area contributed by atoms with E-state index in [1.165, 1.54) is 5.56 Å². The highest BCUT2D eigenvalue weighted by Crippen LogP contribution is 2.37. The number of fused-ring (bicyclic) bond motifs is 1. The molecule has 0 bridgehead atoms. The van der Waals surface area contributed by atoms with Crippen LogP contribution in [0.15, 0.2) is 42.5 Å². The maximum absolute atomic E-state index is 12.6. The zero-order valence-corrected chi connectivity index (χ0v) is 14.1. The van der Waals surface area contributed by atoms with Gasteiger partial charge < -0.3 is 20.1 Å². The molecule has 25 heavy (non-hydrogen) atoms. The second-order valence-electron chi connectivity index (χ2n) is 6.64. The van der Waals surface area contributed by atoms with Gasteiger partial charge in [0.05, 0.1) is 6.42 Å². The number of ether oxygens (including phenoxy) is 2. The lowest BCUT2D eigenvalue weighted by Crippen LogP contribution is -2.29. The Kier molecular flexibility index (Phi) is 4.32. The van der Waals surface area contributed by atoms with Crippen LogP contribution in [0.5, 0.6) is 11.5 Å². The van der Waals surface area contributed by atoms with Crippen LogP contribution in [0.3, 0.4) is 0 Å². The van der Waals surface area contributed by atoms with E-state index < -0.39 is 0 Å². The molecule has 2 aliphatic rings. The Morgan fingerprint density at radius 3 is 2.84 bits per heavy atom. The fourth-order valence-corrected chi connectivity index (χ4v) is 3.58. The van der Waals surface area contributed by atoms with E-state index in [-0.39, 0.29) is 12.7 Å². The average Bonchev–Trinajstić information content (AvgIpc) is 3.30. The molecule has 2 aromatic carbocycles. The standard InChI is InChI=1S/C20H22N2O3/c21-11-15-3-1-2-14(8-15)9-20(23)22-7-6-17(12-22)16-4-5-18-19(10-16)25-13-24-18/h1-5,8,10,17H,6-7,9,11-13,21H2/t17-/m1/s1. The lowest BCUT2D eigenvalue weighted by molar-refractivity contribution is -0.129. The molecule has 2 aromatic rings. The molecule has 0 unspecified atom stereocenters. The van der Waals surface area contributed by atoms with Crippen molar-refractivity contribution < 1.29 is 14.3 Å². The van der Waals surface area contributed by atoms with Crippen molar-refractivity contribution in [1.29, 1.82) is 0 Å². The lowest BCUT2D eigenvalue weighted by Gasteiger charge is -2.17. The van der Waals surface area contributed by atoms with E-state index in [0.717, 1.165) is 42.1 Å². The van der Waals surface area contributed by atoms with Crippen molar-refractivity contribution in [1.82, 2.24) is 4.90 Å². The van der Waals surface area contributed by atoms with Crippen LogP contribution in [-0.4, -0.2) is 30.7 Å². The summed E-state index contributed by atoms with van der Waals surface area (Å²) >= 11 is 0.